The number of nitrogens with one attached hydrogen (secondary N) is 1. The lowest BCUT2D eigenvalue weighted by Crippen LogP contribution is -2.42. The molecule has 2 rings (SSSR count). The summed E-state index contributed by atoms with van der Waals surface area (Å²) in [5, 5.41) is 4.37. The Balaban J connectivity index is 2.48. The molecule has 0 spiro atoms. The van der Waals surface area contributed by atoms with Crippen LogP contribution in [0.2, 0.25) is 0 Å². The van der Waals surface area contributed by atoms with Gasteiger partial charge in [-0.3, -0.25) is 0 Å². The van der Waals surface area contributed by atoms with Gasteiger partial charge in [0.25, 0.3) is 0 Å². The van der Waals surface area contributed by atoms with E-state index in [0.29, 0.717) is 17.2 Å². The first-order chi connectivity index (χ1) is 10.4. The van der Waals surface area contributed by atoms with Crippen LogP contribution in [0, 0.1) is 0 Å². The second-order valence-corrected chi connectivity index (χ2v) is 5.92. The van der Waals surface area contributed by atoms with E-state index in [1.807, 2.05) is 45.0 Å². The van der Waals surface area contributed by atoms with Crippen LogP contribution >= 0.6 is 0 Å². The zero-order chi connectivity index (χ0) is 16.3. The fourth-order valence-electron chi connectivity index (χ4n) is 2.17. The van der Waals surface area contributed by atoms with Crippen molar-refractivity contribution < 1.29 is 19.0 Å². The molecule has 0 fully saturated rings. The van der Waals surface area contributed by atoms with Crippen molar-refractivity contribution in [3.8, 4) is 17.2 Å². The van der Waals surface area contributed by atoms with Crippen molar-refractivity contribution in [2.24, 2.45) is 0 Å². The van der Waals surface area contributed by atoms with Crippen LogP contribution in [0.15, 0.2) is 30.3 Å². The van der Waals surface area contributed by atoms with Gasteiger partial charge >= 0.3 is 6.09 Å². The van der Waals surface area contributed by atoms with Crippen LogP contribution in [-0.4, -0.2) is 25.9 Å². The third kappa shape index (κ3) is 3.42. The van der Waals surface area contributed by atoms with Crippen LogP contribution in [0.1, 0.15) is 20.8 Å². The molecule has 1 amide bonds. The van der Waals surface area contributed by atoms with Crippen molar-refractivity contribution in [3.63, 3.8) is 0 Å². The highest BCUT2D eigenvalue weighted by Crippen LogP contribution is 2.41. The van der Waals surface area contributed by atoms with Gasteiger partial charge in [-0.2, -0.15) is 0 Å². The maximum Gasteiger partial charge on any atom is 0.413 e. The van der Waals surface area contributed by atoms with Gasteiger partial charge in [0.15, 0.2) is 11.5 Å². The van der Waals surface area contributed by atoms with Gasteiger partial charge in [-0.15, -0.1) is 0 Å². The monoisotopic (exact) mass is 303 g/mol. The first-order valence-electron chi connectivity index (χ1n) is 6.99. The molecule has 5 heteroatoms. The molecule has 0 heterocycles. The minimum atomic E-state index is -0.509. The molecule has 1 N–H and O–H groups in total. The van der Waals surface area contributed by atoms with Gasteiger partial charge in [0.2, 0.25) is 0 Å². The Morgan fingerprint density at radius 1 is 1.00 bits per heavy atom. The molecule has 0 aliphatic heterocycles. The number of hydrogen-bond acceptors (Lipinski definition) is 4. The van der Waals surface area contributed by atoms with E-state index in [0.717, 1.165) is 10.8 Å². The number of ether oxygens (including phenoxy) is 3. The molecule has 0 unspecified atom stereocenters. The summed E-state index contributed by atoms with van der Waals surface area (Å²) in [6.07, 6.45) is -0.509. The fraction of sp³-hybridized carbons (Fsp3) is 0.353. The minimum absolute atomic E-state index is 0.372. The average molecular weight is 303 g/mol. The zero-order valence-electron chi connectivity index (χ0n) is 13.5. The van der Waals surface area contributed by atoms with E-state index in [1.54, 1.807) is 20.3 Å². The molecule has 0 saturated heterocycles. The molecule has 0 atom stereocenters. The maximum atomic E-state index is 12.0. The normalized spacial score (nSPS) is 11.1. The van der Waals surface area contributed by atoms with Crippen LogP contribution in [-0.2, 0) is 0 Å². The molecule has 0 bridgehead atoms. The average Bonchev–Trinajstić information content (AvgIpc) is 2.44. The number of benzene rings is 2. The third-order valence-corrected chi connectivity index (χ3v) is 3.03. The first kappa shape index (κ1) is 15.9. The Kier molecular flexibility index (Phi) is 4.45. The van der Waals surface area contributed by atoms with Crippen molar-refractivity contribution in [2.75, 3.05) is 14.2 Å². The number of carbonyl (C=O) groups is 1. The molecule has 22 heavy (non-hydrogen) atoms. The van der Waals surface area contributed by atoms with Crippen LogP contribution in [0.25, 0.3) is 10.8 Å². The molecule has 0 aliphatic rings. The summed E-state index contributed by atoms with van der Waals surface area (Å²) < 4.78 is 16.2. The molecule has 2 aromatic carbocycles. The van der Waals surface area contributed by atoms with E-state index in [4.69, 9.17) is 14.2 Å². The van der Waals surface area contributed by atoms with E-state index in [-0.39, 0.29) is 5.54 Å². The lowest BCUT2D eigenvalue weighted by Gasteiger charge is -2.21. The number of hydrogen-bond donors (Lipinski definition) is 1. The summed E-state index contributed by atoms with van der Waals surface area (Å²) in [5.41, 5.74) is -0.372. The van der Waals surface area contributed by atoms with Crippen LogP contribution in [0.4, 0.5) is 4.79 Å². The zero-order valence-corrected chi connectivity index (χ0v) is 13.5. The Morgan fingerprint density at radius 2 is 1.64 bits per heavy atom. The van der Waals surface area contributed by atoms with Gasteiger partial charge in [0.05, 0.1) is 14.2 Å². The molecule has 118 valence electrons. The van der Waals surface area contributed by atoms with Crippen molar-refractivity contribution in [1.82, 2.24) is 5.32 Å². The van der Waals surface area contributed by atoms with E-state index >= 15 is 0 Å². The maximum absolute atomic E-state index is 12.0. The molecule has 2 aromatic rings. The third-order valence-electron chi connectivity index (χ3n) is 3.03. The van der Waals surface area contributed by atoms with Gasteiger partial charge in [-0.1, -0.05) is 24.3 Å². The Labute approximate surface area is 130 Å². The largest absolute Gasteiger partial charge is 0.493 e. The molecule has 0 radical (unpaired) electrons. The van der Waals surface area contributed by atoms with Crippen molar-refractivity contribution in [2.45, 2.75) is 26.3 Å². The molecular weight excluding hydrogens is 282 g/mol. The lowest BCUT2D eigenvalue weighted by atomic mass is 10.1. The SMILES string of the molecule is COc1cc(OC(=O)NC(C)(C)C)c2ccccc2c1OC. The van der Waals surface area contributed by atoms with Crippen LogP contribution in [0.5, 0.6) is 17.2 Å². The number of carbonyl (C=O) groups excluding carboxylic acids is 1. The highest BCUT2D eigenvalue weighted by molar-refractivity contribution is 5.96. The lowest BCUT2D eigenvalue weighted by molar-refractivity contribution is 0.191. The molecule has 0 aromatic heterocycles. The second-order valence-electron chi connectivity index (χ2n) is 5.92. The number of rotatable bonds is 3. The Morgan fingerprint density at radius 3 is 2.18 bits per heavy atom. The van der Waals surface area contributed by atoms with Crippen molar-refractivity contribution >= 4 is 16.9 Å². The predicted octanol–water partition coefficient (Wildman–Crippen LogP) is 3.74. The van der Waals surface area contributed by atoms with Gasteiger partial charge in [-0.25, -0.2) is 4.79 Å². The van der Waals surface area contributed by atoms with Crippen LogP contribution < -0.4 is 19.5 Å². The van der Waals surface area contributed by atoms with Gasteiger partial charge in [-0.05, 0) is 20.8 Å². The summed E-state index contributed by atoms with van der Waals surface area (Å²) in [4.78, 5) is 12.0. The predicted molar refractivity (Wildman–Crippen MR) is 86.0 cm³/mol. The quantitative estimate of drug-likeness (QED) is 0.938. The molecular formula is C17H21NO4. The topological polar surface area (TPSA) is 56.8 Å². The number of fused-ring (bicyclic) bond motifs is 1. The first-order valence-corrected chi connectivity index (χ1v) is 6.99. The van der Waals surface area contributed by atoms with Crippen LogP contribution in [0.3, 0.4) is 0 Å². The summed E-state index contributed by atoms with van der Waals surface area (Å²) in [6, 6.07) is 9.19. The minimum Gasteiger partial charge on any atom is -0.493 e. The summed E-state index contributed by atoms with van der Waals surface area (Å²) in [6.45, 7) is 5.67. The molecule has 0 aliphatic carbocycles. The van der Waals surface area contributed by atoms with E-state index < -0.39 is 6.09 Å². The van der Waals surface area contributed by atoms with Gasteiger partial charge < -0.3 is 19.5 Å². The van der Waals surface area contributed by atoms with E-state index in [9.17, 15) is 4.79 Å². The summed E-state index contributed by atoms with van der Waals surface area (Å²) in [7, 11) is 3.13. The van der Waals surface area contributed by atoms with E-state index in [2.05, 4.69) is 5.32 Å². The highest BCUT2D eigenvalue weighted by atomic mass is 16.6. The van der Waals surface area contributed by atoms with Crippen molar-refractivity contribution in [1.29, 1.82) is 0 Å². The molecule has 0 saturated carbocycles. The van der Waals surface area contributed by atoms with E-state index in [1.165, 1.54) is 0 Å². The number of methoxy groups -OCH3 is 2. The second kappa shape index (κ2) is 6.13. The van der Waals surface area contributed by atoms with Gasteiger partial charge in [0.1, 0.15) is 5.75 Å². The molecule has 5 nitrogen and oxygen atoms in total. The smallest absolute Gasteiger partial charge is 0.413 e. The van der Waals surface area contributed by atoms with Crippen molar-refractivity contribution in [3.05, 3.63) is 30.3 Å². The highest BCUT2D eigenvalue weighted by Gasteiger charge is 2.19. The standard InChI is InChI=1S/C17H21NO4/c1-17(2,3)18-16(19)22-13-10-14(20-4)15(21-5)12-9-7-6-8-11(12)13/h6-10H,1-5H3,(H,18,19). The summed E-state index contributed by atoms with van der Waals surface area (Å²) >= 11 is 0. The number of amides is 1. The summed E-state index contributed by atoms with van der Waals surface area (Å²) in [5.74, 6) is 1.55. The van der Waals surface area contributed by atoms with Gasteiger partial charge in [0, 0.05) is 22.4 Å². The Hall–Kier alpha value is -2.43. The Bertz CT molecular complexity index is 689. The fourth-order valence-corrected chi connectivity index (χ4v) is 2.17.